The monoisotopic (exact) mass is 458 g/mol. The van der Waals surface area contributed by atoms with Crippen molar-refractivity contribution in [3.63, 3.8) is 0 Å². The van der Waals surface area contributed by atoms with E-state index in [4.69, 9.17) is 4.74 Å². The van der Waals surface area contributed by atoms with Crippen LogP contribution in [0.4, 0.5) is 5.69 Å². The fraction of sp³-hybridized carbons (Fsp3) is 0.391. The minimum absolute atomic E-state index is 0.144. The average Bonchev–Trinajstić information content (AvgIpc) is 3.15. The molecule has 3 rings (SSSR count). The highest BCUT2D eigenvalue weighted by molar-refractivity contribution is 7.89. The Balaban J connectivity index is 1.82. The quantitative estimate of drug-likeness (QED) is 0.500. The zero-order valence-corrected chi connectivity index (χ0v) is 19.8. The van der Waals surface area contributed by atoms with E-state index in [1.165, 1.54) is 4.31 Å². The Kier molecular flexibility index (Phi) is 7.52. The molecule has 0 aliphatic carbocycles. The second kappa shape index (κ2) is 10.1. The number of benzene rings is 2. The molecule has 1 amide bonds. The predicted molar refractivity (Wildman–Crippen MR) is 125 cm³/mol. The van der Waals surface area contributed by atoms with Gasteiger partial charge in [-0.15, -0.1) is 0 Å². The van der Waals surface area contributed by atoms with Crippen molar-refractivity contribution in [1.29, 1.82) is 0 Å². The van der Waals surface area contributed by atoms with Crippen LogP contribution in [-0.4, -0.2) is 48.4 Å². The highest BCUT2D eigenvalue weighted by Crippen LogP contribution is 2.25. The number of aromatic nitrogens is 2. The van der Waals surface area contributed by atoms with Gasteiger partial charge in [-0.05, 0) is 37.3 Å². The van der Waals surface area contributed by atoms with Crippen molar-refractivity contribution in [1.82, 2.24) is 13.9 Å². The van der Waals surface area contributed by atoms with Gasteiger partial charge in [-0.3, -0.25) is 4.79 Å². The summed E-state index contributed by atoms with van der Waals surface area (Å²) in [5, 5.41) is 2.87. The number of nitrogens with zero attached hydrogens (tertiary/aromatic N) is 3. The van der Waals surface area contributed by atoms with Crippen LogP contribution in [0.1, 0.15) is 33.0 Å². The van der Waals surface area contributed by atoms with Crippen molar-refractivity contribution in [2.75, 3.05) is 25.5 Å². The summed E-state index contributed by atoms with van der Waals surface area (Å²) in [6, 6.07) is 12.3. The molecule has 0 radical (unpaired) electrons. The summed E-state index contributed by atoms with van der Waals surface area (Å²) in [6.45, 7) is 7.13. The van der Waals surface area contributed by atoms with Crippen LogP contribution in [-0.2, 0) is 27.8 Å². The van der Waals surface area contributed by atoms with Gasteiger partial charge in [0.2, 0.25) is 15.9 Å². The van der Waals surface area contributed by atoms with E-state index in [1.54, 1.807) is 37.4 Å². The van der Waals surface area contributed by atoms with Gasteiger partial charge in [0.15, 0.2) is 0 Å². The van der Waals surface area contributed by atoms with Gasteiger partial charge in [0, 0.05) is 32.5 Å². The Morgan fingerprint density at radius 2 is 1.84 bits per heavy atom. The third kappa shape index (κ3) is 4.78. The lowest BCUT2D eigenvalue weighted by Gasteiger charge is -2.18. The summed E-state index contributed by atoms with van der Waals surface area (Å²) < 4.78 is 34.4. The van der Waals surface area contributed by atoms with Gasteiger partial charge >= 0.3 is 0 Å². The molecule has 0 aliphatic heterocycles. The van der Waals surface area contributed by atoms with Crippen LogP contribution in [0.15, 0.2) is 47.4 Å². The molecular weight excluding hydrogens is 428 g/mol. The lowest BCUT2D eigenvalue weighted by atomic mass is 10.2. The molecule has 32 heavy (non-hydrogen) atoms. The molecule has 0 atom stereocenters. The number of anilines is 1. The Labute approximate surface area is 189 Å². The highest BCUT2D eigenvalue weighted by Gasteiger charge is 2.23. The lowest BCUT2D eigenvalue weighted by Crippen LogP contribution is -2.30. The Bertz CT molecular complexity index is 1200. The fourth-order valence-corrected chi connectivity index (χ4v) is 5.24. The Morgan fingerprint density at radius 1 is 1.12 bits per heavy atom. The summed E-state index contributed by atoms with van der Waals surface area (Å²) >= 11 is 0. The van der Waals surface area contributed by atoms with Gasteiger partial charge in [-0.2, -0.15) is 4.31 Å². The summed E-state index contributed by atoms with van der Waals surface area (Å²) in [5.74, 6) is 1.20. The van der Waals surface area contributed by atoms with Crippen LogP contribution in [0.25, 0.3) is 11.0 Å². The highest BCUT2D eigenvalue weighted by atomic mass is 32.2. The molecule has 172 valence electrons. The number of methoxy groups -OCH3 is 1. The van der Waals surface area contributed by atoms with Crippen molar-refractivity contribution >= 4 is 32.7 Å². The van der Waals surface area contributed by atoms with Crippen LogP contribution in [0.5, 0.6) is 5.75 Å². The summed E-state index contributed by atoms with van der Waals surface area (Å²) in [7, 11) is -2.00. The number of para-hydroxylation sites is 2. The van der Waals surface area contributed by atoms with E-state index in [-0.39, 0.29) is 17.2 Å². The SMILES string of the molecule is CCN(CC)S(=O)(=O)c1ccc2c(c1)nc(CCC(=O)Nc1ccccc1OC)n2CC. The number of carbonyl (C=O) groups excluding carboxylic acids is 1. The number of aryl methyl sites for hydroxylation is 2. The van der Waals surface area contributed by atoms with Crippen molar-refractivity contribution in [2.24, 2.45) is 0 Å². The number of ether oxygens (including phenoxy) is 1. The standard InChI is InChI=1S/C23H30N4O4S/c1-5-26(6-2)32(29,30)17-12-13-20-19(16-17)24-22(27(20)7-3)14-15-23(28)25-18-10-8-9-11-21(18)31-4/h8-13,16H,5-7,14-15H2,1-4H3,(H,25,28). The van der Waals surface area contributed by atoms with Crippen LogP contribution >= 0.6 is 0 Å². The number of imidazole rings is 1. The first kappa shape index (κ1) is 23.7. The number of nitrogens with one attached hydrogen (secondary N) is 1. The Hall–Kier alpha value is -2.91. The van der Waals surface area contributed by atoms with Gasteiger partial charge in [0.1, 0.15) is 11.6 Å². The molecule has 8 nitrogen and oxygen atoms in total. The van der Waals surface area contributed by atoms with Crippen molar-refractivity contribution < 1.29 is 17.9 Å². The number of amides is 1. The van der Waals surface area contributed by atoms with Crippen LogP contribution in [0.3, 0.4) is 0 Å². The maximum absolute atomic E-state index is 12.9. The molecule has 1 heterocycles. The first-order valence-corrected chi connectivity index (χ1v) is 12.2. The van der Waals surface area contributed by atoms with E-state index in [0.717, 1.165) is 11.3 Å². The first-order valence-electron chi connectivity index (χ1n) is 10.8. The van der Waals surface area contributed by atoms with Gasteiger partial charge in [-0.25, -0.2) is 13.4 Å². The second-order valence-corrected chi connectivity index (χ2v) is 9.20. The molecule has 0 fully saturated rings. The average molecular weight is 459 g/mol. The van der Waals surface area contributed by atoms with Crippen LogP contribution in [0, 0.1) is 0 Å². The predicted octanol–water partition coefficient (Wildman–Crippen LogP) is 3.67. The van der Waals surface area contributed by atoms with Crippen LogP contribution < -0.4 is 10.1 Å². The smallest absolute Gasteiger partial charge is 0.243 e. The first-order chi connectivity index (χ1) is 15.3. The molecule has 0 spiro atoms. The van der Waals surface area contributed by atoms with E-state index in [9.17, 15) is 13.2 Å². The number of carbonyl (C=O) groups is 1. The normalized spacial score (nSPS) is 11.8. The molecule has 1 N–H and O–H groups in total. The zero-order chi connectivity index (χ0) is 23.3. The largest absolute Gasteiger partial charge is 0.495 e. The number of hydrogen-bond acceptors (Lipinski definition) is 5. The molecule has 0 bridgehead atoms. The lowest BCUT2D eigenvalue weighted by molar-refractivity contribution is -0.116. The van der Waals surface area contributed by atoms with E-state index in [0.29, 0.717) is 43.0 Å². The zero-order valence-electron chi connectivity index (χ0n) is 19.0. The number of rotatable bonds is 10. The van der Waals surface area contributed by atoms with Crippen LogP contribution in [0.2, 0.25) is 0 Å². The molecular formula is C23H30N4O4S. The minimum atomic E-state index is -3.56. The number of hydrogen-bond donors (Lipinski definition) is 1. The summed E-state index contributed by atoms with van der Waals surface area (Å²) in [6.07, 6.45) is 0.674. The summed E-state index contributed by atoms with van der Waals surface area (Å²) in [4.78, 5) is 17.4. The molecule has 0 saturated heterocycles. The molecule has 1 aromatic heterocycles. The summed E-state index contributed by atoms with van der Waals surface area (Å²) in [5.41, 5.74) is 2.08. The van der Waals surface area contributed by atoms with Crippen molar-refractivity contribution in [3.8, 4) is 5.75 Å². The van der Waals surface area contributed by atoms with E-state index in [2.05, 4.69) is 10.3 Å². The molecule has 0 aliphatic rings. The van der Waals surface area contributed by atoms with Crippen molar-refractivity contribution in [3.05, 3.63) is 48.3 Å². The maximum atomic E-state index is 12.9. The van der Waals surface area contributed by atoms with E-state index >= 15 is 0 Å². The van der Waals surface area contributed by atoms with E-state index in [1.807, 2.05) is 37.5 Å². The van der Waals surface area contributed by atoms with Crippen molar-refractivity contribution in [2.45, 2.75) is 45.1 Å². The van der Waals surface area contributed by atoms with Gasteiger partial charge in [0.25, 0.3) is 0 Å². The number of sulfonamides is 1. The van der Waals surface area contributed by atoms with Gasteiger partial charge in [-0.1, -0.05) is 26.0 Å². The molecule has 0 saturated carbocycles. The Morgan fingerprint density at radius 3 is 2.50 bits per heavy atom. The molecule has 0 unspecified atom stereocenters. The molecule has 3 aromatic rings. The van der Waals surface area contributed by atoms with Gasteiger partial charge < -0.3 is 14.6 Å². The van der Waals surface area contributed by atoms with Gasteiger partial charge in [0.05, 0.1) is 28.7 Å². The minimum Gasteiger partial charge on any atom is -0.495 e. The number of fused-ring (bicyclic) bond motifs is 1. The fourth-order valence-electron chi connectivity index (χ4n) is 3.76. The maximum Gasteiger partial charge on any atom is 0.243 e. The molecule has 9 heteroatoms. The second-order valence-electron chi connectivity index (χ2n) is 7.26. The van der Waals surface area contributed by atoms with E-state index < -0.39 is 10.0 Å². The molecule has 2 aromatic carbocycles. The topological polar surface area (TPSA) is 93.5 Å². The third-order valence-electron chi connectivity index (χ3n) is 5.41. The third-order valence-corrected chi connectivity index (χ3v) is 7.46.